The van der Waals surface area contributed by atoms with Gasteiger partial charge in [-0.3, -0.25) is 14.2 Å². The first-order valence-electron chi connectivity index (χ1n) is 7.86. The van der Waals surface area contributed by atoms with E-state index in [1.54, 1.807) is 26.0 Å². The minimum absolute atomic E-state index is 0.105. The van der Waals surface area contributed by atoms with Gasteiger partial charge >= 0.3 is 5.97 Å². The Morgan fingerprint density at radius 1 is 1.27 bits per heavy atom. The van der Waals surface area contributed by atoms with Gasteiger partial charge in [-0.25, -0.2) is 9.78 Å². The maximum absolute atomic E-state index is 12.8. The fourth-order valence-electron chi connectivity index (χ4n) is 2.54. The van der Waals surface area contributed by atoms with Crippen LogP contribution in [-0.4, -0.2) is 27.9 Å². The van der Waals surface area contributed by atoms with Crippen molar-refractivity contribution in [1.29, 1.82) is 0 Å². The lowest BCUT2D eigenvalue weighted by molar-refractivity contribution is 0.0531. The van der Waals surface area contributed by atoms with E-state index in [-0.39, 0.29) is 24.5 Å². The van der Waals surface area contributed by atoms with Gasteiger partial charge in [0.15, 0.2) is 5.78 Å². The Kier molecular flexibility index (Phi) is 5.52. The topological polar surface area (TPSA) is 78.3 Å². The summed E-state index contributed by atoms with van der Waals surface area (Å²) in [6.07, 6.45) is 1.35. The number of rotatable bonds is 5. The van der Waals surface area contributed by atoms with Gasteiger partial charge in [0.05, 0.1) is 24.9 Å². The van der Waals surface area contributed by atoms with Gasteiger partial charge in [0, 0.05) is 9.13 Å². The Labute approximate surface area is 167 Å². The summed E-state index contributed by atoms with van der Waals surface area (Å²) in [4.78, 5) is 42.3. The van der Waals surface area contributed by atoms with Crippen LogP contribution < -0.4 is 5.56 Å². The fourth-order valence-corrected chi connectivity index (χ4v) is 3.94. The standard InChI is InChI=1S/C18H15IN2O4S/c1-3-25-18(24)15-10(2)14-16(26-15)20-9-21(17(14)23)8-13(22)11-4-6-12(19)7-5-11/h4-7,9H,3,8H2,1-2H3. The van der Waals surface area contributed by atoms with Crippen LogP contribution in [0.1, 0.15) is 32.5 Å². The summed E-state index contributed by atoms with van der Waals surface area (Å²) in [5, 5.41) is 0.357. The molecule has 2 heterocycles. The predicted octanol–water partition coefficient (Wildman–Crippen LogP) is 3.43. The lowest BCUT2D eigenvalue weighted by Crippen LogP contribution is -2.24. The fraction of sp³-hybridized carbons (Fsp3) is 0.222. The molecule has 0 bridgehead atoms. The smallest absolute Gasteiger partial charge is 0.348 e. The Balaban J connectivity index is 1.97. The zero-order valence-electron chi connectivity index (χ0n) is 14.1. The number of ketones is 1. The molecule has 0 aliphatic rings. The summed E-state index contributed by atoms with van der Waals surface area (Å²) in [6, 6.07) is 7.14. The zero-order valence-corrected chi connectivity index (χ0v) is 17.1. The minimum atomic E-state index is -0.464. The Hall–Kier alpha value is -2.07. The number of aromatic nitrogens is 2. The summed E-state index contributed by atoms with van der Waals surface area (Å²) in [5.41, 5.74) is 0.738. The lowest BCUT2D eigenvalue weighted by atomic mass is 10.1. The number of carbonyl (C=O) groups is 2. The van der Waals surface area contributed by atoms with Crippen LogP contribution in [0, 0.1) is 10.5 Å². The van der Waals surface area contributed by atoms with Gasteiger partial charge in [-0.2, -0.15) is 0 Å². The first-order valence-corrected chi connectivity index (χ1v) is 9.76. The van der Waals surface area contributed by atoms with Crippen molar-refractivity contribution < 1.29 is 14.3 Å². The molecule has 0 amide bonds. The highest BCUT2D eigenvalue weighted by molar-refractivity contribution is 14.1. The molecule has 0 aliphatic heterocycles. The van der Waals surface area contributed by atoms with Crippen molar-refractivity contribution >= 4 is 55.9 Å². The summed E-state index contributed by atoms with van der Waals surface area (Å²) in [7, 11) is 0. The molecule has 0 saturated carbocycles. The second-order valence-electron chi connectivity index (χ2n) is 5.56. The summed E-state index contributed by atoms with van der Waals surface area (Å²) >= 11 is 3.29. The van der Waals surface area contributed by atoms with Gasteiger partial charge in [-0.05, 0) is 54.1 Å². The lowest BCUT2D eigenvalue weighted by Gasteiger charge is -2.05. The molecule has 0 unspecified atom stereocenters. The van der Waals surface area contributed by atoms with E-state index in [9.17, 15) is 14.4 Å². The number of hydrogen-bond acceptors (Lipinski definition) is 6. The highest BCUT2D eigenvalue weighted by Gasteiger charge is 2.21. The number of nitrogens with zero attached hydrogens (tertiary/aromatic N) is 2. The molecule has 0 fully saturated rings. The Morgan fingerprint density at radius 3 is 2.62 bits per heavy atom. The number of Topliss-reactive ketones (excluding diaryl/α,β-unsaturated/α-hetero) is 1. The van der Waals surface area contributed by atoms with Gasteiger partial charge in [-0.15, -0.1) is 11.3 Å². The van der Waals surface area contributed by atoms with Gasteiger partial charge in [0.2, 0.25) is 0 Å². The number of ether oxygens (including phenoxy) is 1. The van der Waals surface area contributed by atoms with E-state index in [4.69, 9.17) is 4.74 Å². The van der Waals surface area contributed by atoms with E-state index in [2.05, 4.69) is 27.6 Å². The van der Waals surface area contributed by atoms with Crippen molar-refractivity contribution in [3.8, 4) is 0 Å². The van der Waals surface area contributed by atoms with Gasteiger partial charge in [0.25, 0.3) is 5.56 Å². The molecule has 8 heteroatoms. The van der Waals surface area contributed by atoms with Crippen LogP contribution in [0.4, 0.5) is 0 Å². The van der Waals surface area contributed by atoms with E-state index >= 15 is 0 Å². The molecule has 3 aromatic rings. The van der Waals surface area contributed by atoms with Crippen LogP contribution in [0.25, 0.3) is 10.2 Å². The normalized spacial score (nSPS) is 10.9. The molecule has 0 saturated heterocycles. The van der Waals surface area contributed by atoms with Crippen LogP contribution >= 0.6 is 33.9 Å². The van der Waals surface area contributed by atoms with Crippen LogP contribution in [0.5, 0.6) is 0 Å². The molecule has 0 N–H and O–H groups in total. The van der Waals surface area contributed by atoms with Crippen molar-refractivity contribution in [3.63, 3.8) is 0 Å². The number of thiophene rings is 1. The molecule has 1 aromatic carbocycles. The van der Waals surface area contributed by atoms with Crippen LogP contribution in [0.3, 0.4) is 0 Å². The van der Waals surface area contributed by atoms with Crippen molar-refractivity contribution in [1.82, 2.24) is 9.55 Å². The quantitative estimate of drug-likeness (QED) is 0.317. The van der Waals surface area contributed by atoms with E-state index < -0.39 is 5.97 Å². The van der Waals surface area contributed by atoms with Crippen molar-refractivity contribution in [2.45, 2.75) is 20.4 Å². The number of fused-ring (bicyclic) bond motifs is 1. The monoisotopic (exact) mass is 482 g/mol. The highest BCUT2D eigenvalue weighted by Crippen LogP contribution is 2.27. The first-order chi connectivity index (χ1) is 12.4. The molecule has 6 nitrogen and oxygen atoms in total. The van der Waals surface area contributed by atoms with Crippen LogP contribution in [0.2, 0.25) is 0 Å². The number of benzene rings is 1. The molecule has 0 spiro atoms. The molecule has 134 valence electrons. The molecular weight excluding hydrogens is 467 g/mol. The van der Waals surface area contributed by atoms with Crippen LogP contribution in [0.15, 0.2) is 35.4 Å². The van der Waals surface area contributed by atoms with Crippen LogP contribution in [-0.2, 0) is 11.3 Å². The van der Waals surface area contributed by atoms with E-state index in [0.29, 0.717) is 26.2 Å². The van der Waals surface area contributed by atoms with E-state index in [0.717, 1.165) is 14.9 Å². The van der Waals surface area contributed by atoms with Gasteiger partial charge in [-0.1, -0.05) is 12.1 Å². The number of carbonyl (C=O) groups excluding carboxylic acids is 2. The Morgan fingerprint density at radius 2 is 1.96 bits per heavy atom. The van der Waals surface area contributed by atoms with E-state index in [1.807, 2.05) is 12.1 Å². The van der Waals surface area contributed by atoms with Crippen molar-refractivity contribution in [2.24, 2.45) is 0 Å². The molecular formula is C18H15IN2O4S. The predicted molar refractivity (Wildman–Crippen MR) is 108 cm³/mol. The van der Waals surface area contributed by atoms with Crippen molar-refractivity contribution in [3.05, 3.63) is 60.5 Å². The largest absolute Gasteiger partial charge is 0.462 e. The third kappa shape index (κ3) is 3.56. The Bertz CT molecular complexity index is 1050. The zero-order chi connectivity index (χ0) is 18.8. The number of hydrogen-bond donors (Lipinski definition) is 0. The molecule has 0 radical (unpaired) electrons. The summed E-state index contributed by atoms with van der Waals surface area (Å²) < 4.78 is 7.32. The molecule has 3 rings (SSSR count). The molecule has 0 atom stereocenters. The summed E-state index contributed by atoms with van der Waals surface area (Å²) in [5.74, 6) is -0.642. The first kappa shape index (κ1) is 18.7. The maximum Gasteiger partial charge on any atom is 0.348 e. The average molecular weight is 482 g/mol. The number of halogens is 1. The second kappa shape index (κ2) is 7.67. The number of esters is 1. The van der Waals surface area contributed by atoms with Gasteiger partial charge in [0.1, 0.15) is 9.71 Å². The maximum atomic E-state index is 12.8. The molecule has 0 aliphatic carbocycles. The van der Waals surface area contributed by atoms with Gasteiger partial charge < -0.3 is 4.74 Å². The molecule has 2 aromatic heterocycles. The number of aryl methyl sites for hydroxylation is 1. The average Bonchev–Trinajstić information content (AvgIpc) is 2.95. The third-order valence-corrected chi connectivity index (χ3v) is 5.76. The molecule has 26 heavy (non-hydrogen) atoms. The second-order valence-corrected chi connectivity index (χ2v) is 7.81. The summed E-state index contributed by atoms with van der Waals surface area (Å²) in [6.45, 7) is 3.57. The van der Waals surface area contributed by atoms with Crippen molar-refractivity contribution in [2.75, 3.05) is 6.61 Å². The minimum Gasteiger partial charge on any atom is -0.462 e. The third-order valence-electron chi connectivity index (χ3n) is 3.86. The highest BCUT2D eigenvalue weighted by atomic mass is 127. The van der Waals surface area contributed by atoms with E-state index in [1.165, 1.54) is 10.9 Å². The SMILES string of the molecule is CCOC(=O)c1sc2ncn(CC(=O)c3ccc(I)cc3)c(=O)c2c1C.